The Labute approximate surface area is 104 Å². The molecule has 0 heterocycles. The molecule has 3 nitrogen and oxygen atoms in total. The van der Waals surface area contributed by atoms with Gasteiger partial charge in [0.25, 0.3) is 0 Å². The minimum Gasteiger partial charge on any atom is -0.396 e. The maximum atomic E-state index is 11.6. The number of aliphatic hydroxyl groups is 1. The van der Waals surface area contributed by atoms with Crippen LogP contribution < -0.4 is 0 Å². The van der Waals surface area contributed by atoms with Gasteiger partial charge < -0.3 is 10.0 Å². The van der Waals surface area contributed by atoms with Crippen molar-refractivity contribution in [3.63, 3.8) is 0 Å². The predicted octanol–water partition coefficient (Wildman–Crippen LogP) is 2.14. The molecule has 0 spiro atoms. The first-order valence-electron chi connectivity index (χ1n) is 6.15. The molecule has 96 valence electrons. The van der Waals surface area contributed by atoms with Crippen LogP contribution in [0, 0.1) is 0 Å². The van der Waals surface area contributed by atoms with E-state index in [4.69, 9.17) is 5.11 Å². The van der Waals surface area contributed by atoms with E-state index in [0.717, 1.165) is 31.6 Å². The molecule has 0 radical (unpaired) electrons. The average molecular weight is 247 g/mol. The highest BCUT2D eigenvalue weighted by Gasteiger charge is 2.07. The lowest BCUT2D eigenvalue weighted by Crippen LogP contribution is -2.29. The molecule has 0 aliphatic carbocycles. The summed E-state index contributed by atoms with van der Waals surface area (Å²) >= 11 is 1.73. The molecular weight excluding hydrogens is 222 g/mol. The van der Waals surface area contributed by atoms with Crippen LogP contribution in [0.3, 0.4) is 0 Å². The third-order valence-corrected chi connectivity index (χ3v) is 3.47. The molecule has 1 N–H and O–H groups in total. The maximum Gasteiger partial charge on any atom is 0.232 e. The summed E-state index contributed by atoms with van der Waals surface area (Å²) in [5, 5.41) is 8.62. The molecule has 0 saturated heterocycles. The van der Waals surface area contributed by atoms with Gasteiger partial charge in [0.05, 0.1) is 5.75 Å². The first-order valence-corrected chi connectivity index (χ1v) is 7.30. The van der Waals surface area contributed by atoms with E-state index in [9.17, 15) is 4.79 Å². The lowest BCUT2D eigenvalue weighted by Gasteiger charge is -2.16. The highest BCUT2D eigenvalue weighted by Crippen LogP contribution is 2.06. The molecule has 0 unspecified atom stereocenters. The fourth-order valence-electron chi connectivity index (χ4n) is 1.28. The van der Waals surface area contributed by atoms with Crippen molar-refractivity contribution < 1.29 is 9.90 Å². The van der Waals surface area contributed by atoms with Gasteiger partial charge in [0, 0.05) is 20.2 Å². The predicted molar refractivity (Wildman–Crippen MR) is 70.8 cm³/mol. The summed E-state index contributed by atoms with van der Waals surface area (Å²) in [5.74, 6) is 1.92. The number of nitrogens with zero attached hydrogens (tertiary/aromatic N) is 1. The van der Waals surface area contributed by atoms with Crippen LogP contribution in [0.1, 0.15) is 39.0 Å². The molecule has 4 heteroatoms. The molecule has 0 bridgehead atoms. The molecule has 1 amide bonds. The second kappa shape index (κ2) is 11.3. The summed E-state index contributed by atoms with van der Waals surface area (Å²) < 4.78 is 0. The number of hydrogen-bond donors (Lipinski definition) is 1. The Kier molecular flexibility index (Phi) is 11.1. The minimum absolute atomic E-state index is 0.227. The van der Waals surface area contributed by atoms with Crippen LogP contribution in [0.2, 0.25) is 0 Å². The lowest BCUT2D eigenvalue weighted by molar-refractivity contribution is -0.127. The standard InChI is InChI=1S/C12H25NO2S/c1-3-4-10-16-11-12(15)13(2)8-6-5-7-9-14/h14H,3-11H2,1-2H3. The SMILES string of the molecule is CCCCSCC(=O)N(C)CCCCCO. The third kappa shape index (κ3) is 9.04. The minimum atomic E-state index is 0.227. The van der Waals surface area contributed by atoms with E-state index in [0.29, 0.717) is 5.75 Å². The summed E-state index contributed by atoms with van der Waals surface area (Å²) in [4.78, 5) is 13.4. The van der Waals surface area contributed by atoms with Crippen LogP contribution in [0.25, 0.3) is 0 Å². The van der Waals surface area contributed by atoms with Crippen LogP contribution >= 0.6 is 11.8 Å². The Hall–Kier alpha value is -0.220. The normalized spacial score (nSPS) is 10.4. The smallest absolute Gasteiger partial charge is 0.232 e. The Morgan fingerprint density at radius 1 is 1.25 bits per heavy atom. The van der Waals surface area contributed by atoms with Gasteiger partial charge in [-0.1, -0.05) is 13.3 Å². The van der Waals surface area contributed by atoms with Crippen LogP contribution in [0.5, 0.6) is 0 Å². The largest absolute Gasteiger partial charge is 0.396 e. The van der Waals surface area contributed by atoms with E-state index in [1.54, 1.807) is 16.7 Å². The van der Waals surface area contributed by atoms with E-state index in [2.05, 4.69) is 6.92 Å². The van der Waals surface area contributed by atoms with Crippen molar-refractivity contribution in [2.45, 2.75) is 39.0 Å². The molecule has 0 aromatic carbocycles. The Balaban J connectivity index is 3.42. The number of carbonyl (C=O) groups excluding carboxylic acids is 1. The number of aliphatic hydroxyl groups excluding tert-OH is 1. The molecule has 0 aromatic heterocycles. The molecule has 0 fully saturated rings. The fraction of sp³-hybridized carbons (Fsp3) is 0.917. The second-order valence-electron chi connectivity index (χ2n) is 4.01. The number of rotatable bonds is 10. The number of hydrogen-bond acceptors (Lipinski definition) is 3. The number of amides is 1. The quantitative estimate of drug-likeness (QED) is 0.601. The van der Waals surface area contributed by atoms with E-state index >= 15 is 0 Å². The Morgan fingerprint density at radius 3 is 2.62 bits per heavy atom. The van der Waals surface area contributed by atoms with Crippen molar-refractivity contribution in [1.82, 2.24) is 4.90 Å². The van der Waals surface area contributed by atoms with Gasteiger partial charge in [0.15, 0.2) is 0 Å². The van der Waals surface area contributed by atoms with Crippen LogP contribution in [0.15, 0.2) is 0 Å². The Morgan fingerprint density at radius 2 is 2.00 bits per heavy atom. The van der Waals surface area contributed by atoms with Gasteiger partial charge >= 0.3 is 0 Å². The topological polar surface area (TPSA) is 40.5 Å². The van der Waals surface area contributed by atoms with Gasteiger partial charge in [-0.2, -0.15) is 11.8 Å². The van der Waals surface area contributed by atoms with E-state index in [1.165, 1.54) is 12.8 Å². The maximum absolute atomic E-state index is 11.6. The van der Waals surface area contributed by atoms with Crippen molar-refractivity contribution in [1.29, 1.82) is 0 Å². The average Bonchev–Trinajstić information content (AvgIpc) is 2.29. The highest BCUT2D eigenvalue weighted by molar-refractivity contribution is 7.99. The lowest BCUT2D eigenvalue weighted by atomic mass is 10.2. The van der Waals surface area contributed by atoms with E-state index < -0.39 is 0 Å². The summed E-state index contributed by atoms with van der Waals surface area (Å²) in [6.07, 6.45) is 5.21. The molecule has 16 heavy (non-hydrogen) atoms. The van der Waals surface area contributed by atoms with Crippen LogP contribution in [-0.2, 0) is 4.79 Å². The van der Waals surface area contributed by atoms with E-state index in [-0.39, 0.29) is 12.5 Å². The molecular formula is C12H25NO2S. The second-order valence-corrected chi connectivity index (χ2v) is 5.11. The highest BCUT2D eigenvalue weighted by atomic mass is 32.2. The zero-order valence-corrected chi connectivity index (χ0v) is 11.4. The van der Waals surface area contributed by atoms with Crippen molar-refractivity contribution in [3.05, 3.63) is 0 Å². The number of thioether (sulfide) groups is 1. The van der Waals surface area contributed by atoms with Crippen LogP contribution in [-0.4, -0.2) is 47.6 Å². The third-order valence-electron chi connectivity index (χ3n) is 2.45. The summed E-state index contributed by atoms with van der Waals surface area (Å²) in [6, 6.07) is 0. The monoisotopic (exact) mass is 247 g/mol. The van der Waals surface area contributed by atoms with E-state index in [1.807, 2.05) is 7.05 Å². The number of carbonyl (C=O) groups is 1. The molecule has 0 rings (SSSR count). The van der Waals surface area contributed by atoms with Crippen molar-refractivity contribution >= 4 is 17.7 Å². The molecule has 0 aliphatic rings. The molecule has 0 aliphatic heterocycles. The molecule has 0 aromatic rings. The van der Waals surface area contributed by atoms with Gasteiger partial charge in [-0.05, 0) is 31.4 Å². The van der Waals surface area contributed by atoms with Crippen LogP contribution in [0.4, 0.5) is 0 Å². The summed E-state index contributed by atoms with van der Waals surface area (Å²) in [6.45, 7) is 3.23. The van der Waals surface area contributed by atoms with Crippen molar-refractivity contribution in [2.24, 2.45) is 0 Å². The summed E-state index contributed by atoms with van der Waals surface area (Å²) in [7, 11) is 1.86. The van der Waals surface area contributed by atoms with Crippen molar-refractivity contribution in [2.75, 3.05) is 31.7 Å². The van der Waals surface area contributed by atoms with Gasteiger partial charge in [0.2, 0.25) is 5.91 Å². The molecule has 0 atom stereocenters. The first kappa shape index (κ1) is 15.8. The van der Waals surface area contributed by atoms with Crippen molar-refractivity contribution in [3.8, 4) is 0 Å². The van der Waals surface area contributed by atoms with Gasteiger partial charge in [0.1, 0.15) is 0 Å². The molecule has 0 saturated carbocycles. The summed E-state index contributed by atoms with van der Waals surface area (Å²) in [5.41, 5.74) is 0. The number of unbranched alkanes of at least 4 members (excludes halogenated alkanes) is 3. The zero-order valence-electron chi connectivity index (χ0n) is 10.6. The first-order chi connectivity index (χ1) is 7.72. The van der Waals surface area contributed by atoms with Gasteiger partial charge in [-0.25, -0.2) is 0 Å². The Bertz CT molecular complexity index is 176. The van der Waals surface area contributed by atoms with Gasteiger partial charge in [-0.15, -0.1) is 0 Å². The van der Waals surface area contributed by atoms with Gasteiger partial charge in [-0.3, -0.25) is 4.79 Å². The zero-order chi connectivity index (χ0) is 12.2. The fourth-order valence-corrected chi connectivity index (χ4v) is 2.31.